The molecule has 0 N–H and O–H groups in total. The summed E-state index contributed by atoms with van der Waals surface area (Å²) in [6.07, 6.45) is 0. The molecule has 0 aliphatic rings. The molecular weight excluding hydrogens is 457 g/mol. The predicted molar refractivity (Wildman–Crippen MR) is 109 cm³/mol. The Kier molecular flexibility index (Phi) is 8.57. The Bertz CT molecular complexity index is 768. The minimum absolute atomic E-state index is 0.0262. The predicted octanol–water partition coefficient (Wildman–Crippen LogP) is 4.45. The van der Waals surface area contributed by atoms with Crippen LogP contribution in [0.25, 0.3) is 0 Å². The van der Waals surface area contributed by atoms with E-state index in [1.165, 1.54) is 11.9 Å². The van der Waals surface area contributed by atoms with Gasteiger partial charge in [-0.15, -0.1) is 0 Å². The second-order valence-electron chi connectivity index (χ2n) is 5.53. The molecule has 1 amide bonds. The standard InChI is InChI=1S/C19H18BrCl2NO4/c1-23(18(24)17-14(21)8-5-9-15(17)22)16(12-26-11-10-20)19(25)27-13-6-3-2-4-7-13/h2-9,16H,10-12H2,1H3/t16-/m0/s1. The van der Waals surface area contributed by atoms with E-state index in [1.807, 2.05) is 6.07 Å². The monoisotopic (exact) mass is 473 g/mol. The van der Waals surface area contributed by atoms with Gasteiger partial charge in [0.1, 0.15) is 5.75 Å². The molecule has 1 atom stereocenters. The molecule has 5 nitrogen and oxygen atoms in total. The Morgan fingerprint density at radius 2 is 1.70 bits per heavy atom. The Morgan fingerprint density at radius 3 is 2.30 bits per heavy atom. The Labute approximate surface area is 176 Å². The molecule has 0 bridgehead atoms. The molecule has 27 heavy (non-hydrogen) atoms. The van der Waals surface area contributed by atoms with Crippen LogP contribution in [0.1, 0.15) is 10.4 Å². The van der Waals surface area contributed by atoms with Gasteiger partial charge in [-0.25, -0.2) is 4.79 Å². The van der Waals surface area contributed by atoms with Gasteiger partial charge in [0.15, 0.2) is 6.04 Å². The smallest absolute Gasteiger partial charge is 0.336 e. The number of rotatable bonds is 8. The van der Waals surface area contributed by atoms with Crippen LogP contribution in [0.5, 0.6) is 5.75 Å². The van der Waals surface area contributed by atoms with Crippen LogP contribution >= 0.6 is 39.1 Å². The summed E-state index contributed by atoms with van der Waals surface area (Å²) in [7, 11) is 1.48. The first-order valence-corrected chi connectivity index (χ1v) is 9.95. The van der Waals surface area contributed by atoms with Crippen LogP contribution in [0.15, 0.2) is 48.5 Å². The molecule has 0 aromatic heterocycles. The largest absolute Gasteiger partial charge is 0.425 e. The number of carbonyl (C=O) groups is 2. The number of likely N-dealkylation sites (N-methyl/N-ethyl adjacent to an activating group) is 1. The molecule has 0 saturated heterocycles. The summed E-state index contributed by atoms with van der Waals surface area (Å²) in [6, 6.07) is 12.4. The number of ether oxygens (including phenoxy) is 2. The Balaban J connectivity index is 2.23. The van der Waals surface area contributed by atoms with Crippen molar-refractivity contribution >= 4 is 51.0 Å². The van der Waals surface area contributed by atoms with Gasteiger partial charge in [0.25, 0.3) is 5.91 Å². The Hall–Kier alpha value is -1.60. The maximum atomic E-state index is 12.9. The molecule has 0 unspecified atom stereocenters. The summed E-state index contributed by atoms with van der Waals surface area (Å²) in [5, 5.41) is 1.01. The maximum Gasteiger partial charge on any atom is 0.336 e. The average Bonchev–Trinajstić information content (AvgIpc) is 2.65. The van der Waals surface area contributed by atoms with Gasteiger partial charge >= 0.3 is 5.97 Å². The third-order valence-electron chi connectivity index (χ3n) is 3.70. The van der Waals surface area contributed by atoms with Gasteiger partial charge in [0.2, 0.25) is 0 Å². The number of carbonyl (C=O) groups excluding carboxylic acids is 2. The number of alkyl halides is 1. The minimum atomic E-state index is -0.968. The molecule has 2 rings (SSSR count). The average molecular weight is 475 g/mol. The normalized spacial score (nSPS) is 11.7. The molecule has 0 saturated carbocycles. The van der Waals surface area contributed by atoms with Crippen molar-refractivity contribution in [2.24, 2.45) is 0 Å². The van der Waals surface area contributed by atoms with E-state index in [9.17, 15) is 9.59 Å². The van der Waals surface area contributed by atoms with E-state index >= 15 is 0 Å². The van der Waals surface area contributed by atoms with E-state index in [-0.39, 0.29) is 22.2 Å². The highest BCUT2D eigenvalue weighted by Crippen LogP contribution is 2.26. The van der Waals surface area contributed by atoms with Gasteiger partial charge in [0, 0.05) is 12.4 Å². The highest BCUT2D eigenvalue weighted by molar-refractivity contribution is 9.09. The SMILES string of the molecule is CN(C(=O)c1c(Cl)cccc1Cl)[C@@H](COCCBr)C(=O)Oc1ccccc1. The zero-order valence-electron chi connectivity index (χ0n) is 14.5. The fourth-order valence-corrected chi connectivity index (χ4v) is 3.07. The topological polar surface area (TPSA) is 55.8 Å². The fraction of sp³-hybridized carbons (Fsp3) is 0.263. The zero-order chi connectivity index (χ0) is 19.8. The van der Waals surface area contributed by atoms with Gasteiger partial charge in [-0.2, -0.15) is 0 Å². The second kappa shape index (κ2) is 10.7. The third-order valence-corrected chi connectivity index (χ3v) is 4.65. The first-order valence-electron chi connectivity index (χ1n) is 8.07. The van der Waals surface area contributed by atoms with Crippen LogP contribution in [-0.2, 0) is 9.53 Å². The number of amides is 1. The summed E-state index contributed by atoms with van der Waals surface area (Å²) in [5.74, 6) is -0.734. The molecule has 0 heterocycles. The lowest BCUT2D eigenvalue weighted by Crippen LogP contribution is -2.47. The maximum absolute atomic E-state index is 12.9. The van der Waals surface area contributed by atoms with Crippen LogP contribution < -0.4 is 4.74 Å². The van der Waals surface area contributed by atoms with Crippen molar-refractivity contribution in [1.82, 2.24) is 4.90 Å². The van der Waals surface area contributed by atoms with Crippen molar-refractivity contribution in [3.63, 3.8) is 0 Å². The number of para-hydroxylation sites is 1. The zero-order valence-corrected chi connectivity index (χ0v) is 17.6. The first-order chi connectivity index (χ1) is 13.0. The van der Waals surface area contributed by atoms with E-state index < -0.39 is 17.9 Å². The lowest BCUT2D eigenvalue weighted by Gasteiger charge is -2.27. The molecule has 2 aromatic carbocycles. The van der Waals surface area contributed by atoms with Crippen LogP contribution in [0, 0.1) is 0 Å². The molecule has 0 aliphatic carbocycles. The first kappa shape index (κ1) is 21.7. The molecular formula is C19H18BrCl2NO4. The van der Waals surface area contributed by atoms with E-state index in [4.69, 9.17) is 32.7 Å². The Morgan fingerprint density at radius 1 is 1.07 bits per heavy atom. The summed E-state index contributed by atoms with van der Waals surface area (Å²) >= 11 is 15.5. The highest BCUT2D eigenvalue weighted by atomic mass is 79.9. The van der Waals surface area contributed by atoms with E-state index in [0.717, 1.165) is 0 Å². The van der Waals surface area contributed by atoms with Gasteiger partial charge in [-0.1, -0.05) is 63.4 Å². The van der Waals surface area contributed by atoms with E-state index in [1.54, 1.807) is 42.5 Å². The van der Waals surface area contributed by atoms with Crippen molar-refractivity contribution in [2.45, 2.75) is 6.04 Å². The number of esters is 1. The highest BCUT2D eigenvalue weighted by Gasteiger charge is 2.31. The van der Waals surface area contributed by atoms with Gasteiger partial charge < -0.3 is 14.4 Å². The van der Waals surface area contributed by atoms with Crippen molar-refractivity contribution in [2.75, 3.05) is 25.6 Å². The second-order valence-corrected chi connectivity index (χ2v) is 7.13. The molecule has 144 valence electrons. The summed E-state index contributed by atoms with van der Waals surface area (Å²) in [5.41, 5.74) is 0.126. The van der Waals surface area contributed by atoms with Crippen LogP contribution in [0.4, 0.5) is 0 Å². The van der Waals surface area contributed by atoms with Crippen LogP contribution in [-0.4, -0.2) is 48.4 Å². The van der Waals surface area contributed by atoms with Crippen molar-refractivity contribution < 1.29 is 19.1 Å². The van der Waals surface area contributed by atoms with E-state index in [0.29, 0.717) is 17.7 Å². The van der Waals surface area contributed by atoms with Gasteiger partial charge in [0.05, 0.1) is 28.8 Å². The minimum Gasteiger partial charge on any atom is -0.425 e. The van der Waals surface area contributed by atoms with Gasteiger partial charge in [-0.05, 0) is 24.3 Å². The lowest BCUT2D eigenvalue weighted by molar-refractivity contribution is -0.141. The van der Waals surface area contributed by atoms with Gasteiger partial charge in [-0.3, -0.25) is 4.79 Å². The molecule has 8 heteroatoms. The summed E-state index contributed by atoms with van der Waals surface area (Å²) in [6.45, 7) is 0.353. The van der Waals surface area contributed by atoms with Crippen LogP contribution in [0.3, 0.4) is 0 Å². The molecule has 0 aliphatic heterocycles. The number of nitrogens with zero attached hydrogens (tertiary/aromatic N) is 1. The lowest BCUT2D eigenvalue weighted by atomic mass is 10.1. The van der Waals surface area contributed by atoms with Crippen molar-refractivity contribution in [3.8, 4) is 5.75 Å². The fourth-order valence-electron chi connectivity index (χ4n) is 2.28. The number of benzene rings is 2. The summed E-state index contributed by atoms with van der Waals surface area (Å²) < 4.78 is 10.8. The molecule has 2 aromatic rings. The molecule has 0 fully saturated rings. The summed E-state index contributed by atoms with van der Waals surface area (Å²) in [4.78, 5) is 26.8. The number of halogens is 3. The third kappa shape index (κ3) is 5.94. The van der Waals surface area contributed by atoms with E-state index in [2.05, 4.69) is 15.9 Å². The molecule has 0 spiro atoms. The molecule has 0 radical (unpaired) electrons. The van der Waals surface area contributed by atoms with Crippen molar-refractivity contribution in [3.05, 3.63) is 64.1 Å². The van der Waals surface area contributed by atoms with Crippen LogP contribution in [0.2, 0.25) is 10.0 Å². The number of hydrogen-bond acceptors (Lipinski definition) is 4. The van der Waals surface area contributed by atoms with Crippen molar-refractivity contribution in [1.29, 1.82) is 0 Å². The quantitative estimate of drug-likeness (QED) is 0.245. The number of hydrogen-bond donors (Lipinski definition) is 0.